The molecule has 0 saturated carbocycles. The fourth-order valence-corrected chi connectivity index (χ4v) is 2.43. The monoisotopic (exact) mass is 253 g/mol. The van der Waals surface area contributed by atoms with E-state index < -0.39 is 0 Å². The Morgan fingerprint density at radius 3 is 2.26 bits per heavy atom. The van der Waals surface area contributed by atoms with E-state index in [0.29, 0.717) is 6.61 Å². The third kappa shape index (κ3) is 2.32. The molecule has 1 atom stereocenters. The van der Waals surface area contributed by atoms with Gasteiger partial charge in [-0.05, 0) is 17.7 Å². The number of cyclic esters (lactones) is 1. The molecule has 1 heterocycles. The molecule has 0 amide bonds. The molecule has 1 aliphatic heterocycles. The Morgan fingerprint density at radius 1 is 0.947 bits per heavy atom. The van der Waals surface area contributed by atoms with Crippen LogP contribution >= 0.6 is 0 Å². The van der Waals surface area contributed by atoms with E-state index in [0.717, 1.165) is 17.8 Å². The standard InChI is InChI=1S/C16H15NO2/c18-16-15(13-7-3-1-4-8-13)17(11-12-19-16)14-9-5-2-6-10-14/h1-10,15H,11-12H2. The Labute approximate surface area is 112 Å². The third-order valence-corrected chi connectivity index (χ3v) is 3.31. The molecule has 3 heteroatoms. The van der Waals surface area contributed by atoms with Crippen molar-refractivity contribution >= 4 is 11.7 Å². The van der Waals surface area contributed by atoms with Gasteiger partial charge < -0.3 is 9.64 Å². The number of ether oxygens (including phenoxy) is 1. The minimum absolute atomic E-state index is 0.179. The first-order valence-corrected chi connectivity index (χ1v) is 6.39. The number of para-hydroxylation sites is 1. The molecule has 0 N–H and O–H groups in total. The van der Waals surface area contributed by atoms with Crippen LogP contribution in [0.15, 0.2) is 60.7 Å². The number of rotatable bonds is 2. The number of morpholine rings is 1. The lowest BCUT2D eigenvalue weighted by Crippen LogP contribution is -2.42. The van der Waals surface area contributed by atoms with Crippen LogP contribution in [0.2, 0.25) is 0 Å². The summed E-state index contributed by atoms with van der Waals surface area (Å²) >= 11 is 0. The number of nitrogens with zero attached hydrogens (tertiary/aromatic N) is 1. The van der Waals surface area contributed by atoms with Crippen molar-refractivity contribution in [2.75, 3.05) is 18.1 Å². The molecule has 0 aromatic heterocycles. The van der Waals surface area contributed by atoms with Crippen LogP contribution in [0.5, 0.6) is 0 Å². The fourth-order valence-electron chi connectivity index (χ4n) is 2.43. The van der Waals surface area contributed by atoms with Crippen molar-refractivity contribution in [3.05, 3.63) is 66.2 Å². The summed E-state index contributed by atoms with van der Waals surface area (Å²) in [7, 11) is 0. The molecule has 1 saturated heterocycles. The maximum Gasteiger partial charge on any atom is 0.333 e. The number of anilines is 1. The van der Waals surface area contributed by atoms with Gasteiger partial charge in [0, 0.05) is 5.69 Å². The topological polar surface area (TPSA) is 29.5 Å². The van der Waals surface area contributed by atoms with E-state index in [1.807, 2.05) is 60.7 Å². The van der Waals surface area contributed by atoms with Crippen LogP contribution in [-0.2, 0) is 9.53 Å². The van der Waals surface area contributed by atoms with Crippen LogP contribution in [-0.4, -0.2) is 19.1 Å². The van der Waals surface area contributed by atoms with E-state index >= 15 is 0 Å². The molecule has 3 rings (SSSR count). The molecule has 1 fully saturated rings. The van der Waals surface area contributed by atoms with Crippen LogP contribution in [0.3, 0.4) is 0 Å². The lowest BCUT2D eigenvalue weighted by atomic mass is 10.0. The highest BCUT2D eigenvalue weighted by molar-refractivity contribution is 5.83. The van der Waals surface area contributed by atoms with Gasteiger partial charge in [0.2, 0.25) is 0 Å². The number of carbonyl (C=O) groups excluding carboxylic acids is 1. The summed E-state index contributed by atoms with van der Waals surface area (Å²) in [5.74, 6) is -0.179. The van der Waals surface area contributed by atoms with Gasteiger partial charge in [-0.1, -0.05) is 48.5 Å². The second-order valence-corrected chi connectivity index (χ2v) is 4.51. The van der Waals surface area contributed by atoms with Crippen LogP contribution in [0.25, 0.3) is 0 Å². The Kier molecular flexibility index (Phi) is 3.19. The van der Waals surface area contributed by atoms with Crippen LogP contribution < -0.4 is 4.90 Å². The predicted molar refractivity (Wildman–Crippen MR) is 73.9 cm³/mol. The first kappa shape index (κ1) is 11.8. The molecule has 3 nitrogen and oxygen atoms in total. The fraction of sp³-hybridized carbons (Fsp3) is 0.188. The first-order chi connectivity index (χ1) is 9.36. The van der Waals surface area contributed by atoms with Gasteiger partial charge in [0.1, 0.15) is 6.61 Å². The van der Waals surface area contributed by atoms with E-state index in [9.17, 15) is 4.79 Å². The summed E-state index contributed by atoms with van der Waals surface area (Å²) in [6, 6.07) is 19.4. The number of carbonyl (C=O) groups is 1. The van der Waals surface area contributed by atoms with Crippen molar-refractivity contribution in [2.45, 2.75) is 6.04 Å². The zero-order valence-electron chi connectivity index (χ0n) is 10.5. The van der Waals surface area contributed by atoms with Gasteiger partial charge >= 0.3 is 5.97 Å². The second kappa shape index (κ2) is 5.14. The maximum atomic E-state index is 12.1. The molecule has 96 valence electrons. The van der Waals surface area contributed by atoms with Crippen molar-refractivity contribution in [1.29, 1.82) is 0 Å². The van der Waals surface area contributed by atoms with E-state index in [4.69, 9.17) is 4.74 Å². The number of esters is 1. The van der Waals surface area contributed by atoms with E-state index in [2.05, 4.69) is 4.90 Å². The lowest BCUT2D eigenvalue weighted by molar-refractivity contribution is -0.147. The summed E-state index contributed by atoms with van der Waals surface area (Å²) in [4.78, 5) is 14.2. The molecule has 1 aliphatic rings. The number of benzene rings is 2. The summed E-state index contributed by atoms with van der Waals surface area (Å²) in [5, 5.41) is 0. The van der Waals surface area contributed by atoms with Crippen molar-refractivity contribution in [1.82, 2.24) is 0 Å². The van der Waals surface area contributed by atoms with Gasteiger partial charge in [-0.25, -0.2) is 4.79 Å². The van der Waals surface area contributed by atoms with Crippen molar-refractivity contribution < 1.29 is 9.53 Å². The summed E-state index contributed by atoms with van der Waals surface area (Å²) in [6.07, 6.45) is 0. The molecule has 0 aliphatic carbocycles. The lowest BCUT2D eigenvalue weighted by Gasteiger charge is -2.36. The first-order valence-electron chi connectivity index (χ1n) is 6.39. The zero-order valence-corrected chi connectivity index (χ0v) is 10.5. The van der Waals surface area contributed by atoms with Crippen molar-refractivity contribution in [2.24, 2.45) is 0 Å². The van der Waals surface area contributed by atoms with E-state index in [1.165, 1.54) is 0 Å². The Hall–Kier alpha value is -2.29. The van der Waals surface area contributed by atoms with E-state index in [-0.39, 0.29) is 12.0 Å². The average molecular weight is 253 g/mol. The predicted octanol–water partition coefficient (Wildman–Crippen LogP) is 2.79. The molecule has 0 spiro atoms. The highest BCUT2D eigenvalue weighted by atomic mass is 16.5. The van der Waals surface area contributed by atoms with Gasteiger partial charge in [0.05, 0.1) is 6.54 Å². The number of hydrogen-bond donors (Lipinski definition) is 0. The second-order valence-electron chi connectivity index (χ2n) is 4.51. The Bertz CT molecular complexity index is 553. The molecule has 2 aromatic rings. The van der Waals surface area contributed by atoms with Crippen LogP contribution in [0.1, 0.15) is 11.6 Å². The van der Waals surface area contributed by atoms with Crippen LogP contribution in [0.4, 0.5) is 5.69 Å². The summed E-state index contributed by atoms with van der Waals surface area (Å²) in [6.45, 7) is 1.16. The third-order valence-electron chi connectivity index (χ3n) is 3.31. The molecule has 0 radical (unpaired) electrons. The summed E-state index contributed by atoms with van der Waals surface area (Å²) < 4.78 is 5.22. The normalized spacial score (nSPS) is 19.1. The minimum atomic E-state index is -0.350. The SMILES string of the molecule is O=C1OCCN(c2ccccc2)C1c1ccccc1. The average Bonchev–Trinajstić information content (AvgIpc) is 2.49. The Balaban J connectivity index is 1.99. The molecule has 0 bridgehead atoms. The van der Waals surface area contributed by atoms with Gasteiger partial charge in [0.25, 0.3) is 0 Å². The molecular formula is C16H15NO2. The molecule has 19 heavy (non-hydrogen) atoms. The van der Waals surface area contributed by atoms with Gasteiger partial charge in [0.15, 0.2) is 6.04 Å². The quantitative estimate of drug-likeness (QED) is 0.771. The molecule has 2 aromatic carbocycles. The molecular weight excluding hydrogens is 238 g/mol. The smallest absolute Gasteiger partial charge is 0.333 e. The largest absolute Gasteiger partial charge is 0.462 e. The summed E-state index contributed by atoms with van der Waals surface area (Å²) in [5.41, 5.74) is 2.02. The van der Waals surface area contributed by atoms with Gasteiger partial charge in [-0.3, -0.25) is 0 Å². The number of hydrogen-bond acceptors (Lipinski definition) is 3. The van der Waals surface area contributed by atoms with Crippen LogP contribution in [0, 0.1) is 0 Å². The Morgan fingerprint density at radius 2 is 1.58 bits per heavy atom. The zero-order chi connectivity index (χ0) is 13.1. The van der Waals surface area contributed by atoms with Gasteiger partial charge in [-0.15, -0.1) is 0 Å². The molecule has 1 unspecified atom stereocenters. The van der Waals surface area contributed by atoms with Crippen molar-refractivity contribution in [3.8, 4) is 0 Å². The van der Waals surface area contributed by atoms with Crippen molar-refractivity contribution in [3.63, 3.8) is 0 Å². The van der Waals surface area contributed by atoms with E-state index in [1.54, 1.807) is 0 Å². The van der Waals surface area contributed by atoms with Gasteiger partial charge in [-0.2, -0.15) is 0 Å². The highest BCUT2D eigenvalue weighted by Crippen LogP contribution is 2.30. The minimum Gasteiger partial charge on any atom is -0.462 e. The maximum absolute atomic E-state index is 12.1. The highest BCUT2D eigenvalue weighted by Gasteiger charge is 2.32.